The summed E-state index contributed by atoms with van der Waals surface area (Å²) in [6, 6.07) is 4.76. The van der Waals surface area contributed by atoms with Crippen molar-refractivity contribution in [3.8, 4) is 0 Å². The first kappa shape index (κ1) is 12.4. The number of carbonyl (C=O) groups is 1. The predicted octanol–water partition coefficient (Wildman–Crippen LogP) is 1.76. The Morgan fingerprint density at radius 3 is 2.93 bits per heavy atom. The number of aliphatic hydroxyl groups excluding tert-OH is 1. The van der Waals surface area contributed by atoms with Crippen molar-refractivity contribution in [3.05, 3.63) is 33.3 Å². The molecule has 1 aromatic carbocycles. The van der Waals surface area contributed by atoms with Crippen molar-refractivity contribution in [2.75, 3.05) is 13.2 Å². The number of hydrogen-bond acceptors (Lipinski definition) is 3. The highest BCUT2D eigenvalue weighted by Crippen LogP contribution is 2.23. The summed E-state index contributed by atoms with van der Waals surface area (Å²) in [5.74, 6) is -0.388. The Morgan fingerprint density at radius 1 is 1.60 bits per heavy atom. The number of nitrogens with one attached hydrogen (secondary N) is 1. The molecule has 0 aliphatic rings. The predicted molar refractivity (Wildman–Crippen MR) is 59.7 cm³/mol. The van der Waals surface area contributed by atoms with Crippen LogP contribution in [0.1, 0.15) is 10.4 Å². The van der Waals surface area contributed by atoms with Gasteiger partial charge in [0.05, 0.1) is 18.2 Å². The van der Waals surface area contributed by atoms with Crippen LogP contribution in [0.15, 0.2) is 22.7 Å². The highest BCUT2D eigenvalue weighted by atomic mass is 79.9. The highest BCUT2D eigenvalue weighted by molar-refractivity contribution is 9.10. The molecule has 0 fully saturated rings. The van der Waals surface area contributed by atoms with Crippen molar-refractivity contribution >= 4 is 33.4 Å². The molecule has 15 heavy (non-hydrogen) atoms. The van der Waals surface area contributed by atoms with Crippen LogP contribution in [0.2, 0.25) is 5.02 Å². The summed E-state index contributed by atoms with van der Waals surface area (Å²) in [6.07, 6.45) is 0. The zero-order valence-electron chi connectivity index (χ0n) is 7.67. The van der Waals surface area contributed by atoms with E-state index in [1.807, 2.05) is 0 Å². The number of benzene rings is 1. The molecule has 2 N–H and O–H groups in total. The quantitative estimate of drug-likeness (QED) is 0.657. The SMILES string of the molecule is O=C(NOCCO)c1ccc(Cl)c(Br)c1. The monoisotopic (exact) mass is 293 g/mol. The summed E-state index contributed by atoms with van der Waals surface area (Å²) >= 11 is 8.97. The van der Waals surface area contributed by atoms with Gasteiger partial charge in [0.1, 0.15) is 0 Å². The lowest BCUT2D eigenvalue weighted by Crippen LogP contribution is -2.25. The number of halogens is 2. The van der Waals surface area contributed by atoms with Crippen LogP contribution in [0.4, 0.5) is 0 Å². The maximum Gasteiger partial charge on any atom is 0.274 e. The number of rotatable bonds is 4. The van der Waals surface area contributed by atoms with Crippen molar-refractivity contribution in [2.24, 2.45) is 0 Å². The summed E-state index contributed by atoms with van der Waals surface area (Å²) in [6.45, 7) is -0.0922. The molecule has 0 saturated carbocycles. The molecule has 82 valence electrons. The third kappa shape index (κ3) is 3.79. The summed E-state index contributed by atoms with van der Waals surface area (Å²) in [5, 5.41) is 8.96. The van der Waals surface area contributed by atoms with E-state index in [4.69, 9.17) is 16.7 Å². The molecular weight excluding hydrogens is 285 g/mol. The van der Waals surface area contributed by atoms with Crippen LogP contribution in [0, 0.1) is 0 Å². The first-order chi connectivity index (χ1) is 7.15. The number of carbonyl (C=O) groups excluding carboxylic acids is 1. The molecule has 4 nitrogen and oxygen atoms in total. The first-order valence-corrected chi connectivity index (χ1v) is 5.30. The van der Waals surface area contributed by atoms with Crippen molar-refractivity contribution < 1.29 is 14.7 Å². The van der Waals surface area contributed by atoms with E-state index in [0.29, 0.717) is 15.1 Å². The van der Waals surface area contributed by atoms with Gasteiger partial charge < -0.3 is 5.11 Å². The Balaban J connectivity index is 2.62. The van der Waals surface area contributed by atoms with Gasteiger partial charge in [-0.2, -0.15) is 0 Å². The van der Waals surface area contributed by atoms with Gasteiger partial charge in [-0.3, -0.25) is 9.63 Å². The summed E-state index contributed by atoms with van der Waals surface area (Å²) in [4.78, 5) is 16.1. The average Bonchev–Trinajstić information content (AvgIpc) is 2.22. The molecule has 0 saturated heterocycles. The molecule has 1 amide bonds. The van der Waals surface area contributed by atoms with Gasteiger partial charge in [0, 0.05) is 10.0 Å². The smallest absolute Gasteiger partial charge is 0.274 e. The topological polar surface area (TPSA) is 58.6 Å². The van der Waals surface area contributed by atoms with E-state index in [2.05, 4.69) is 26.2 Å². The lowest BCUT2D eigenvalue weighted by molar-refractivity contribution is 0.0168. The van der Waals surface area contributed by atoms with Crippen LogP contribution >= 0.6 is 27.5 Å². The lowest BCUT2D eigenvalue weighted by atomic mass is 10.2. The molecule has 0 aliphatic carbocycles. The van der Waals surface area contributed by atoms with E-state index in [0.717, 1.165) is 0 Å². The highest BCUT2D eigenvalue weighted by Gasteiger charge is 2.07. The normalized spacial score (nSPS) is 10.1. The van der Waals surface area contributed by atoms with Crippen LogP contribution in [-0.2, 0) is 4.84 Å². The largest absolute Gasteiger partial charge is 0.394 e. The van der Waals surface area contributed by atoms with Gasteiger partial charge in [0.2, 0.25) is 0 Å². The number of aliphatic hydroxyl groups is 1. The number of amides is 1. The first-order valence-electron chi connectivity index (χ1n) is 4.13. The molecule has 6 heteroatoms. The molecule has 1 aromatic rings. The van der Waals surface area contributed by atoms with Gasteiger partial charge in [-0.25, -0.2) is 5.48 Å². The minimum absolute atomic E-state index is 0.0561. The second-order valence-corrected chi connectivity index (χ2v) is 3.89. The average molecular weight is 295 g/mol. The van der Waals surface area contributed by atoms with Gasteiger partial charge in [-0.05, 0) is 34.1 Å². The summed E-state index contributed by atoms with van der Waals surface area (Å²) < 4.78 is 0.638. The molecule has 0 aliphatic heterocycles. The minimum Gasteiger partial charge on any atom is -0.394 e. The standard InChI is InChI=1S/C9H9BrClNO3/c10-7-5-6(1-2-8(7)11)9(14)12-15-4-3-13/h1-2,5,13H,3-4H2,(H,12,14). The van der Waals surface area contributed by atoms with Crippen LogP contribution in [0.25, 0.3) is 0 Å². The lowest BCUT2D eigenvalue weighted by Gasteiger charge is -2.05. The fraction of sp³-hybridized carbons (Fsp3) is 0.222. The van der Waals surface area contributed by atoms with Gasteiger partial charge in [-0.15, -0.1) is 0 Å². The third-order valence-electron chi connectivity index (χ3n) is 1.54. The van der Waals surface area contributed by atoms with Crippen molar-refractivity contribution in [1.29, 1.82) is 0 Å². The Bertz CT molecular complexity index is 359. The van der Waals surface area contributed by atoms with Gasteiger partial charge >= 0.3 is 0 Å². The van der Waals surface area contributed by atoms with Crippen LogP contribution in [-0.4, -0.2) is 24.2 Å². The molecular formula is C9H9BrClNO3. The van der Waals surface area contributed by atoms with E-state index in [1.165, 1.54) is 0 Å². The van der Waals surface area contributed by atoms with Crippen molar-refractivity contribution in [1.82, 2.24) is 5.48 Å². The second-order valence-electron chi connectivity index (χ2n) is 2.63. The Labute approximate surface area is 100 Å². The molecule has 0 heterocycles. The molecule has 0 atom stereocenters. The van der Waals surface area contributed by atoms with E-state index in [-0.39, 0.29) is 19.1 Å². The van der Waals surface area contributed by atoms with Crippen LogP contribution < -0.4 is 5.48 Å². The molecule has 0 spiro atoms. The third-order valence-corrected chi connectivity index (χ3v) is 2.75. The summed E-state index contributed by atoms with van der Waals surface area (Å²) in [7, 11) is 0. The van der Waals surface area contributed by atoms with E-state index in [9.17, 15) is 4.79 Å². The minimum atomic E-state index is -0.388. The van der Waals surface area contributed by atoms with Gasteiger partial charge in [0.15, 0.2) is 0 Å². The van der Waals surface area contributed by atoms with Crippen molar-refractivity contribution in [3.63, 3.8) is 0 Å². The number of hydrogen-bond donors (Lipinski definition) is 2. The summed E-state index contributed by atoms with van der Waals surface area (Å²) in [5.41, 5.74) is 2.60. The zero-order valence-corrected chi connectivity index (χ0v) is 10.0. The Morgan fingerprint density at radius 2 is 2.33 bits per heavy atom. The second kappa shape index (κ2) is 6.07. The molecule has 0 bridgehead atoms. The molecule has 0 radical (unpaired) electrons. The Hall–Kier alpha value is -0.620. The number of hydroxylamine groups is 1. The van der Waals surface area contributed by atoms with Crippen LogP contribution in [0.5, 0.6) is 0 Å². The molecule has 1 rings (SSSR count). The van der Waals surface area contributed by atoms with E-state index >= 15 is 0 Å². The van der Waals surface area contributed by atoms with Gasteiger partial charge in [0.25, 0.3) is 5.91 Å². The van der Waals surface area contributed by atoms with E-state index in [1.54, 1.807) is 18.2 Å². The maximum absolute atomic E-state index is 11.4. The van der Waals surface area contributed by atoms with E-state index < -0.39 is 0 Å². The fourth-order valence-corrected chi connectivity index (χ4v) is 1.35. The van der Waals surface area contributed by atoms with Gasteiger partial charge in [-0.1, -0.05) is 11.6 Å². The molecule has 0 unspecified atom stereocenters. The van der Waals surface area contributed by atoms with Crippen LogP contribution in [0.3, 0.4) is 0 Å². The molecule has 0 aromatic heterocycles. The zero-order chi connectivity index (χ0) is 11.3. The van der Waals surface area contributed by atoms with Crippen molar-refractivity contribution in [2.45, 2.75) is 0 Å². The maximum atomic E-state index is 11.4. The fourth-order valence-electron chi connectivity index (χ4n) is 0.859. The Kier molecular flexibility index (Phi) is 5.04.